The quantitative estimate of drug-likeness (QED) is 0.622. The van der Waals surface area contributed by atoms with Crippen LogP contribution in [0.15, 0.2) is 54.9 Å². The average Bonchev–Trinajstić information content (AvgIpc) is 2.77. The molecule has 2 heterocycles. The number of anilines is 1. The van der Waals surface area contributed by atoms with Gasteiger partial charge in [-0.05, 0) is 41.8 Å². The molecule has 2 aromatic carbocycles. The lowest BCUT2D eigenvalue weighted by Gasteiger charge is -2.27. The number of hydrogen-bond donors (Lipinski definition) is 2. The number of benzene rings is 2. The Hall–Kier alpha value is -3.61. The van der Waals surface area contributed by atoms with Gasteiger partial charge in [-0.1, -0.05) is 12.1 Å². The van der Waals surface area contributed by atoms with E-state index in [-0.39, 0.29) is 17.3 Å². The smallest absolute Gasteiger partial charge is 0.337 e. The highest BCUT2D eigenvalue weighted by atomic mass is 19.1. The number of carboxylic acid groups (broad SMARTS) is 1. The lowest BCUT2D eigenvalue weighted by atomic mass is 9.90. The third-order valence-electron chi connectivity index (χ3n) is 5.24. The molecule has 0 saturated carbocycles. The topological polar surface area (TPSA) is 80.7 Å². The SMILES string of the molecule is COc1cc(F)ccc1-c1ccc2c(c1)OCCC2CNc1cnccc1C(=O)O. The fourth-order valence-corrected chi connectivity index (χ4v) is 3.70. The van der Waals surface area contributed by atoms with E-state index in [9.17, 15) is 14.3 Å². The van der Waals surface area contributed by atoms with Crippen LogP contribution in [0, 0.1) is 5.82 Å². The van der Waals surface area contributed by atoms with Crippen molar-refractivity contribution in [3.63, 3.8) is 0 Å². The Morgan fingerprint density at radius 1 is 1.30 bits per heavy atom. The van der Waals surface area contributed by atoms with Crippen LogP contribution < -0.4 is 14.8 Å². The van der Waals surface area contributed by atoms with Gasteiger partial charge in [0, 0.05) is 30.3 Å². The summed E-state index contributed by atoms with van der Waals surface area (Å²) in [5.41, 5.74) is 3.38. The van der Waals surface area contributed by atoms with Gasteiger partial charge in [-0.15, -0.1) is 0 Å². The van der Waals surface area contributed by atoms with Gasteiger partial charge in [0.2, 0.25) is 0 Å². The first-order valence-corrected chi connectivity index (χ1v) is 9.58. The van der Waals surface area contributed by atoms with Gasteiger partial charge in [0.1, 0.15) is 17.3 Å². The van der Waals surface area contributed by atoms with Crippen molar-refractivity contribution in [1.29, 1.82) is 0 Å². The average molecular weight is 408 g/mol. The molecule has 0 amide bonds. The summed E-state index contributed by atoms with van der Waals surface area (Å²) in [6.45, 7) is 1.11. The Kier molecular flexibility index (Phi) is 5.52. The molecule has 1 aliphatic rings. The molecule has 2 N–H and O–H groups in total. The van der Waals surface area contributed by atoms with Crippen LogP contribution in [0.1, 0.15) is 28.3 Å². The molecule has 0 radical (unpaired) electrons. The molecule has 4 rings (SSSR count). The molecule has 6 nitrogen and oxygen atoms in total. The maximum Gasteiger partial charge on any atom is 0.337 e. The first-order valence-electron chi connectivity index (χ1n) is 9.58. The van der Waals surface area contributed by atoms with Gasteiger partial charge in [0.25, 0.3) is 0 Å². The van der Waals surface area contributed by atoms with Crippen LogP contribution >= 0.6 is 0 Å². The highest BCUT2D eigenvalue weighted by Crippen LogP contribution is 2.39. The molecule has 7 heteroatoms. The lowest BCUT2D eigenvalue weighted by molar-refractivity contribution is 0.0697. The molecule has 1 unspecified atom stereocenters. The molecule has 154 valence electrons. The Morgan fingerprint density at radius 3 is 2.97 bits per heavy atom. The lowest BCUT2D eigenvalue weighted by Crippen LogP contribution is -2.21. The molecule has 0 spiro atoms. The van der Waals surface area contributed by atoms with Crippen molar-refractivity contribution in [3.8, 4) is 22.6 Å². The number of ether oxygens (including phenoxy) is 2. The second kappa shape index (κ2) is 8.41. The number of halogens is 1. The number of hydrogen-bond acceptors (Lipinski definition) is 5. The van der Waals surface area contributed by atoms with Crippen LogP contribution in [0.4, 0.5) is 10.1 Å². The van der Waals surface area contributed by atoms with Crippen LogP contribution in [-0.4, -0.2) is 36.3 Å². The Morgan fingerprint density at radius 2 is 2.17 bits per heavy atom. The largest absolute Gasteiger partial charge is 0.496 e. The predicted molar refractivity (Wildman–Crippen MR) is 111 cm³/mol. The number of rotatable bonds is 6. The number of pyridine rings is 1. The van der Waals surface area contributed by atoms with E-state index < -0.39 is 5.97 Å². The minimum absolute atomic E-state index is 0.153. The van der Waals surface area contributed by atoms with Crippen molar-refractivity contribution < 1.29 is 23.8 Å². The van der Waals surface area contributed by atoms with Gasteiger partial charge in [-0.25, -0.2) is 9.18 Å². The first kappa shape index (κ1) is 19.7. The van der Waals surface area contributed by atoms with Gasteiger partial charge in [-0.2, -0.15) is 0 Å². The Labute approximate surface area is 173 Å². The summed E-state index contributed by atoms with van der Waals surface area (Å²) in [6.07, 6.45) is 3.79. The third kappa shape index (κ3) is 3.91. The fraction of sp³-hybridized carbons (Fsp3) is 0.217. The summed E-state index contributed by atoms with van der Waals surface area (Å²) in [5, 5.41) is 12.6. The van der Waals surface area contributed by atoms with Gasteiger partial charge >= 0.3 is 5.97 Å². The molecule has 3 aromatic rings. The van der Waals surface area contributed by atoms with Crippen molar-refractivity contribution in [2.75, 3.05) is 25.6 Å². The Balaban J connectivity index is 1.58. The number of methoxy groups -OCH3 is 1. The third-order valence-corrected chi connectivity index (χ3v) is 5.24. The van der Waals surface area contributed by atoms with Crippen molar-refractivity contribution in [2.45, 2.75) is 12.3 Å². The molecule has 0 fully saturated rings. The maximum absolute atomic E-state index is 13.5. The first-order chi connectivity index (χ1) is 14.6. The van der Waals surface area contributed by atoms with E-state index in [2.05, 4.69) is 10.3 Å². The number of aromatic carboxylic acids is 1. The molecular weight excluding hydrogens is 387 g/mol. The monoisotopic (exact) mass is 408 g/mol. The van der Waals surface area contributed by atoms with Crippen LogP contribution in [0.5, 0.6) is 11.5 Å². The fourth-order valence-electron chi connectivity index (χ4n) is 3.70. The zero-order valence-electron chi connectivity index (χ0n) is 16.4. The summed E-state index contributed by atoms with van der Waals surface area (Å²) >= 11 is 0. The van der Waals surface area contributed by atoms with Gasteiger partial charge in [0.05, 0.1) is 31.2 Å². The highest BCUT2D eigenvalue weighted by Gasteiger charge is 2.23. The second-order valence-corrected chi connectivity index (χ2v) is 7.04. The number of carboxylic acids is 1. The van der Waals surface area contributed by atoms with Crippen molar-refractivity contribution in [3.05, 3.63) is 71.8 Å². The van der Waals surface area contributed by atoms with Crippen LogP contribution in [-0.2, 0) is 0 Å². The molecule has 1 aliphatic heterocycles. The normalized spacial score (nSPS) is 15.1. The van der Waals surface area contributed by atoms with Crippen LogP contribution in [0.25, 0.3) is 11.1 Å². The van der Waals surface area contributed by atoms with E-state index in [1.54, 1.807) is 6.07 Å². The zero-order chi connectivity index (χ0) is 21.1. The number of nitrogens with zero attached hydrogens (tertiary/aromatic N) is 1. The Bertz CT molecular complexity index is 1090. The van der Waals surface area contributed by atoms with Gasteiger partial charge in [0.15, 0.2) is 0 Å². The van der Waals surface area contributed by atoms with E-state index in [0.717, 1.165) is 28.9 Å². The number of nitrogens with one attached hydrogen (secondary N) is 1. The highest BCUT2D eigenvalue weighted by molar-refractivity contribution is 5.93. The summed E-state index contributed by atoms with van der Waals surface area (Å²) in [6, 6.07) is 11.8. The van der Waals surface area contributed by atoms with Gasteiger partial charge < -0.3 is 19.9 Å². The van der Waals surface area contributed by atoms with E-state index in [1.165, 1.54) is 37.7 Å². The van der Waals surface area contributed by atoms with E-state index in [4.69, 9.17) is 9.47 Å². The summed E-state index contributed by atoms with van der Waals surface area (Å²) in [7, 11) is 1.51. The molecule has 30 heavy (non-hydrogen) atoms. The zero-order valence-corrected chi connectivity index (χ0v) is 16.4. The number of aromatic nitrogens is 1. The number of carbonyl (C=O) groups is 1. The minimum atomic E-state index is -0.995. The molecule has 0 aliphatic carbocycles. The summed E-state index contributed by atoms with van der Waals surface area (Å²) in [5.74, 6) is 0.0281. The van der Waals surface area contributed by atoms with E-state index in [0.29, 0.717) is 24.6 Å². The van der Waals surface area contributed by atoms with Crippen molar-refractivity contribution in [1.82, 2.24) is 4.98 Å². The van der Waals surface area contributed by atoms with E-state index in [1.807, 2.05) is 18.2 Å². The molecule has 0 bridgehead atoms. The standard InChI is InChI=1S/C23H21FN2O4/c1-29-21-11-16(24)3-5-17(21)14-2-4-18-15(7-9-30-22(18)10-14)12-26-20-13-25-8-6-19(20)23(27)28/h2-6,8,10-11,13,15,26H,7,9,12H2,1H3,(H,27,28). The number of fused-ring (bicyclic) bond motifs is 1. The van der Waals surface area contributed by atoms with Crippen molar-refractivity contribution in [2.24, 2.45) is 0 Å². The predicted octanol–water partition coefficient (Wildman–Crippen LogP) is 4.57. The second-order valence-electron chi connectivity index (χ2n) is 7.04. The molecule has 1 atom stereocenters. The molecule has 1 aromatic heterocycles. The van der Waals surface area contributed by atoms with Gasteiger partial charge in [-0.3, -0.25) is 4.98 Å². The minimum Gasteiger partial charge on any atom is -0.496 e. The van der Waals surface area contributed by atoms with Crippen LogP contribution in [0.3, 0.4) is 0 Å². The van der Waals surface area contributed by atoms with E-state index >= 15 is 0 Å². The summed E-state index contributed by atoms with van der Waals surface area (Å²) < 4.78 is 24.7. The molecular formula is C23H21FN2O4. The summed E-state index contributed by atoms with van der Waals surface area (Å²) in [4.78, 5) is 15.4. The van der Waals surface area contributed by atoms with Crippen LogP contribution in [0.2, 0.25) is 0 Å². The molecule has 0 saturated heterocycles. The van der Waals surface area contributed by atoms with Crippen molar-refractivity contribution >= 4 is 11.7 Å². The maximum atomic E-state index is 13.5.